The first-order valence-corrected chi connectivity index (χ1v) is 6.62. The van der Waals surface area contributed by atoms with Crippen LogP contribution in [0.5, 0.6) is 0 Å². The molecule has 0 heterocycles. The van der Waals surface area contributed by atoms with Gasteiger partial charge in [0, 0.05) is 6.04 Å². The predicted molar refractivity (Wildman–Crippen MR) is 59.3 cm³/mol. The van der Waals surface area contributed by atoms with E-state index < -0.39 is 0 Å². The number of rotatable bonds is 3. The molecule has 0 amide bonds. The van der Waals surface area contributed by atoms with Crippen LogP contribution in [0.15, 0.2) is 0 Å². The predicted octanol–water partition coefficient (Wildman–Crippen LogP) is 3.10. The summed E-state index contributed by atoms with van der Waals surface area (Å²) >= 11 is 0. The smallest absolute Gasteiger partial charge is 0.0124 e. The topological polar surface area (TPSA) is 12.0 Å². The Morgan fingerprint density at radius 2 is 1.71 bits per heavy atom. The molecule has 0 aromatic heterocycles. The summed E-state index contributed by atoms with van der Waals surface area (Å²) in [6.45, 7) is 1.33. The van der Waals surface area contributed by atoms with E-state index in [1.54, 1.807) is 0 Å². The third-order valence-corrected chi connectivity index (χ3v) is 5.13. The zero-order valence-electron chi connectivity index (χ0n) is 9.23. The van der Waals surface area contributed by atoms with Crippen LogP contribution < -0.4 is 5.32 Å². The van der Waals surface area contributed by atoms with Gasteiger partial charge in [-0.1, -0.05) is 19.3 Å². The molecule has 3 aliphatic rings. The molecule has 1 unspecified atom stereocenters. The van der Waals surface area contributed by atoms with E-state index in [0.29, 0.717) is 0 Å². The van der Waals surface area contributed by atoms with E-state index in [1.165, 1.54) is 64.3 Å². The molecule has 3 rings (SSSR count). The molecule has 0 aliphatic heterocycles. The van der Waals surface area contributed by atoms with E-state index in [4.69, 9.17) is 0 Å². The van der Waals surface area contributed by atoms with Crippen molar-refractivity contribution in [3.8, 4) is 0 Å². The van der Waals surface area contributed by atoms with Crippen molar-refractivity contribution < 1.29 is 0 Å². The van der Waals surface area contributed by atoms with Crippen LogP contribution in [0.4, 0.5) is 0 Å². The van der Waals surface area contributed by atoms with Crippen molar-refractivity contribution in [3.05, 3.63) is 0 Å². The molecule has 1 atom stereocenters. The summed E-state index contributed by atoms with van der Waals surface area (Å²) in [6.07, 6.45) is 13.5. The Labute approximate surface area is 87.7 Å². The molecule has 1 N–H and O–H groups in total. The van der Waals surface area contributed by atoms with Crippen LogP contribution in [-0.4, -0.2) is 12.6 Å². The largest absolute Gasteiger partial charge is 0.313 e. The standard InChI is InChI=1S/C13H23N/c1-4-11(5-1)10-14-12-6-2-7-13(12)8-3-9-13/h11-12,14H,1-10H2. The van der Waals surface area contributed by atoms with Crippen molar-refractivity contribution >= 4 is 0 Å². The van der Waals surface area contributed by atoms with Gasteiger partial charge in [0.1, 0.15) is 0 Å². The Morgan fingerprint density at radius 3 is 2.29 bits per heavy atom. The van der Waals surface area contributed by atoms with Crippen molar-refractivity contribution in [2.24, 2.45) is 11.3 Å². The van der Waals surface area contributed by atoms with E-state index in [2.05, 4.69) is 5.32 Å². The van der Waals surface area contributed by atoms with Gasteiger partial charge in [-0.05, 0) is 56.4 Å². The Balaban J connectivity index is 1.50. The Morgan fingerprint density at radius 1 is 0.929 bits per heavy atom. The van der Waals surface area contributed by atoms with Crippen LogP contribution in [-0.2, 0) is 0 Å². The zero-order valence-corrected chi connectivity index (χ0v) is 9.23. The summed E-state index contributed by atoms with van der Waals surface area (Å²) in [5.74, 6) is 1.03. The maximum absolute atomic E-state index is 3.88. The minimum absolute atomic E-state index is 0.781. The average Bonchev–Trinajstić information content (AvgIpc) is 2.44. The maximum Gasteiger partial charge on any atom is 0.0124 e. The van der Waals surface area contributed by atoms with E-state index in [9.17, 15) is 0 Å². The second-order valence-electron chi connectivity index (χ2n) is 5.87. The van der Waals surface area contributed by atoms with Gasteiger partial charge >= 0.3 is 0 Å². The summed E-state index contributed by atoms with van der Waals surface area (Å²) in [7, 11) is 0. The van der Waals surface area contributed by atoms with Crippen molar-refractivity contribution in [3.63, 3.8) is 0 Å². The highest BCUT2D eigenvalue weighted by molar-refractivity contribution is 5.01. The first-order chi connectivity index (χ1) is 6.89. The molecule has 3 fully saturated rings. The molecular weight excluding hydrogens is 170 g/mol. The van der Waals surface area contributed by atoms with Crippen molar-refractivity contribution in [1.82, 2.24) is 5.32 Å². The number of hydrogen-bond acceptors (Lipinski definition) is 1. The van der Waals surface area contributed by atoms with E-state index >= 15 is 0 Å². The van der Waals surface area contributed by atoms with Gasteiger partial charge in [0.15, 0.2) is 0 Å². The van der Waals surface area contributed by atoms with Gasteiger partial charge in [-0.3, -0.25) is 0 Å². The van der Waals surface area contributed by atoms with Crippen molar-refractivity contribution in [2.75, 3.05) is 6.54 Å². The Kier molecular flexibility index (Phi) is 2.31. The van der Waals surface area contributed by atoms with E-state index in [0.717, 1.165) is 17.4 Å². The molecule has 0 aromatic rings. The monoisotopic (exact) mass is 193 g/mol. The van der Waals surface area contributed by atoms with Gasteiger partial charge in [0.2, 0.25) is 0 Å². The van der Waals surface area contributed by atoms with Crippen LogP contribution in [0.2, 0.25) is 0 Å². The third kappa shape index (κ3) is 1.41. The minimum atomic E-state index is 0.781. The second kappa shape index (κ2) is 3.52. The van der Waals surface area contributed by atoms with Crippen LogP contribution in [0.25, 0.3) is 0 Å². The molecule has 3 aliphatic carbocycles. The second-order valence-corrected chi connectivity index (χ2v) is 5.87. The Bertz CT molecular complexity index is 203. The van der Waals surface area contributed by atoms with Gasteiger partial charge in [-0.25, -0.2) is 0 Å². The molecule has 14 heavy (non-hydrogen) atoms. The zero-order chi connectivity index (χ0) is 9.43. The lowest BCUT2D eigenvalue weighted by Crippen LogP contribution is -2.47. The molecule has 0 bridgehead atoms. The van der Waals surface area contributed by atoms with Gasteiger partial charge in [-0.2, -0.15) is 0 Å². The van der Waals surface area contributed by atoms with Gasteiger partial charge in [-0.15, -0.1) is 0 Å². The Hall–Kier alpha value is -0.0400. The highest BCUT2D eigenvalue weighted by atomic mass is 15.0. The van der Waals surface area contributed by atoms with Crippen LogP contribution >= 0.6 is 0 Å². The first-order valence-electron chi connectivity index (χ1n) is 6.62. The highest BCUT2D eigenvalue weighted by Crippen LogP contribution is 2.53. The third-order valence-electron chi connectivity index (χ3n) is 5.13. The molecule has 0 saturated heterocycles. The number of nitrogens with one attached hydrogen (secondary N) is 1. The van der Waals surface area contributed by atoms with E-state index in [1.807, 2.05) is 0 Å². The average molecular weight is 193 g/mol. The molecule has 0 aromatic carbocycles. The summed E-state index contributed by atoms with van der Waals surface area (Å²) in [6, 6.07) is 0.900. The first kappa shape index (κ1) is 9.21. The lowest BCUT2D eigenvalue weighted by Gasteiger charge is -2.44. The normalized spacial score (nSPS) is 35.6. The summed E-state index contributed by atoms with van der Waals surface area (Å²) in [4.78, 5) is 0. The molecule has 1 nitrogen and oxygen atoms in total. The van der Waals surface area contributed by atoms with Crippen molar-refractivity contribution in [2.45, 2.75) is 63.8 Å². The lowest BCUT2D eigenvalue weighted by atomic mass is 9.65. The van der Waals surface area contributed by atoms with E-state index in [-0.39, 0.29) is 0 Å². The summed E-state index contributed by atoms with van der Waals surface area (Å²) < 4.78 is 0. The van der Waals surface area contributed by atoms with Crippen molar-refractivity contribution in [1.29, 1.82) is 0 Å². The van der Waals surface area contributed by atoms with Gasteiger partial charge in [0.25, 0.3) is 0 Å². The minimum Gasteiger partial charge on any atom is -0.313 e. The maximum atomic E-state index is 3.88. The highest BCUT2D eigenvalue weighted by Gasteiger charge is 2.46. The van der Waals surface area contributed by atoms with Crippen LogP contribution in [0, 0.1) is 11.3 Å². The number of hydrogen-bond donors (Lipinski definition) is 1. The molecular formula is C13H23N. The summed E-state index contributed by atoms with van der Waals surface area (Å²) in [5.41, 5.74) is 0.781. The quantitative estimate of drug-likeness (QED) is 0.726. The molecule has 1 heteroatoms. The van der Waals surface area contributed by atoms with Gasteiger partial charge < -0.3 is 5.32 Å². The fourth-order valence-electron chi connectivity index (χ4n) is 3.69. The van der Waals surface area contributed by atoms with Crippen LogP contribution in [0.1, 0.15) is 57.8 Å². The lowest BCUT2D eigenvalue weighted by molar-refractivity contribution is 0.0951. The fraction of sp³-hybridized carbons (Fsp3) is 1.00. The van der Waals surface area contributed by atoms with Gasteiger partial charge in [0.05, 0.1) is 0 Å². The van der Waals surface area contributed by atoms with Crippen LogP contribution in [0.3, 0.4) is 0 Å². The molecule has 80 valence electrons. The molecule has 1 spiro atoms. The fourth-order valence-corrected chi connectivity index (χ4v) is 3.69. The molecule has 3 saturated carbocycles. The summed E-state index contributed by atoms with van der Waals surface area (Å²) in [5, 5.41) is 3.88. The SMILES string of the molecule is C1CC(CNC2CCCC23CCC3)C1. The molecule has 0 radical (unpaired) electrons.